The molecule has 3 aromatic rings. The van der Waals surface area contributed by atoms with Crippen molar-refractivity contribution in [3.8, 4) is 11.4 Å². The maximum Gasteiger partial charge on any atom is 0.234 e. The van der Waals surface area contributed by atoms with E-state index < -0.39 is 0 Å². The van der Waals surface area contributed by atoms with Gasteiger partial charge in [0.25, 0.3) is 0 Å². The van der Waals surface area contributed by atoms with E-state index in [2.05, 4.69) is 31.4 Å². The zero-order valence-corrected chi connectivity index (χ0v) is 15.8. The number of methoxy groups -OCH3 is 1. The summed E-state index contributed by atoms with van der Waals surface area (Å²) in [6, 6.07) is 15.0. The van der Waals surface area contributed by atoms with E-state index in [1.165, 1.54) is 11.8 Å². The first-order valence-electron chi connectivity index (χ1n) is 7.38. The van der Waals surface area contributed by atoms with Crippen LogP contribution in [-0.4, -0.2) is 33.5 Å². The van der Waals surface area contributed by atoms with Crippen LogP contribution in [0.4, 0.5) is 5.69 Å². The summed E-state index contributed by atoms with van der Waals surface area (Å²) < 4.78 is 7.95. The largest absolute Gasteiger partial charge is 0.497 e. The number of carbonyl (C=O) groups excluding carboxylic acids is 1. The average molecular weight is 419 g/mol. The van der Waals surface area contributed by atoms with E-state index >= 15 is 0 Å². The lowest BCUT2D eigenvalue weighted by atomic mass is 10.3. The molecule has 0 bridgehead atoms. The molecule has 1 aromatic heterocycles. The highest BCUT2D eigenvalue weighted by atomic mass is 79.9. The van der Waals surface area contributed by atoms with Gasteiger partial charge in [0.1, 0.15) is 12.1 Å². The first-order valence-corrected chi connectivity index (χ1v) is 9.16. The van der Waals surface area contributed by atoms with E-state index in [0.717, 1.165) is 21.6 Å². The molecule has 0 aliphatic carbocycles. The maximum absolute atomic E-state index is 12.1. The van der Waals surface area contributed by atoms with Gasteiger partial charge in [0.05, 0.1) is 12.9 Å². The summed E-state index contributed by atoms with van der Waals surface area (Å²) in [5, 5.41) is 11.5. The van der Waals surface area contributed by atoms with Crippen LogP contribution in [0.3, 0.4) is 0 Å². The SMILES string of the molecule is COc1ccc(-n2cnnc2SCC(=O)Nc2ccc(Br)cc2)cc1. The standard InChI is InChI=1S/C17H15BrN4O2S/c1-24-15-8-6-14(7-9-15)22-11-19-21-17(22)25-10-16(23)20-13-4-2-12(18)3-5-13/h2-9,11H,10H2,1H3,(H,20,23). The molecule has 1 N–H and O–H groups in total. The summed E-state index contributed by atoms with van der Waals surface area (Å²) in [5.41, 5.74) is 1.66. The minimum atomic E-state index is -0.100. The van der Waals surface area contributed by atoms with Gasteiger partial charge in [0.15, 0.2) is 5.16 Å². The fourth-order valence-electron chi connectivity index (χ4n) is 2.10. The topological polar surface area (TPSA) is 69.0 Å². The van der Waals surface area contributed by atoms with Crippen molar-refractivity contribution in [3.63, 3.8) is 0 Å². The van der Waals surface area contributed by atoms with Gasteiger partial charge in [-0.3, -0.25) is 9.36 Å². The van der Waals surface area contributed by atoms with E-state index in [1.54, 1.807) is 13.4 Å². The van der Waals surface area contributed by atoms with Crippen LogP contribution < -0.4 is 10.1 Å². The Morgan fingerprint density at radius 1 is 1.20 bits per heavy atom. The number of benzene rings is 2. The van der Waals surface area contributed by atoms with E-state index in [1.807, 2.05) is 53.1 Å². The third kappa shape index (κ3) is 4.61. The van der Waals surface area contributed by atoms with E-state index in [9.17, 15) is 4.79 Å². The molecule has 1 amide bonds. The number of rotatable bonds is 6. The molecule has 3 rings (SSSR count). The Balaban J connectivity index is 1.62. The van der Waals surface area contributed by atoms with Crippen molar-refractivity contribution >= 4 is 39.3 Å². The Hall–Kier alpha value is -2.32. The molecule has 0 aliphatic rings. The number of hydrogen-bond donors (Lipinski definition) is 1. The summed E-state index contributed by atoms with van der Waals surface area (Å²) in [5.74, 6) is 0.918. The fourth-order valence-corrected chi connectivity index (χ4v) is 3.10. The molecule has 1 heterocycles. The maximum atomic E-state index is 12.1. The Morgan fingerprint density at radius 3 is 2.60 bits per heavy atom. The molecule has 0 fully saturated rings. The lowest BCUT2D eigenvalue weighted by Crippen LogP contribution is -2.14. The lowest BCUT2D eigenvalue weighted by molar-refractivity contribution is -0.113. The predicted octanol–water partition coefficient (Wildman–Crippen LogP) is 3.77. The summed E-state index contributed by atoms with van der Waals surface area (Å²) >= 11 is 4.69. The van der Waals surface area contributed by atoms with Crippen molar-refractivity contribution in [2.45, 2.75) is 5.16 Å². The van der Waals surface area contributed by atoms with Gasteiger partial charge in [0.2, 0.25) is 5.91 Å². The van der Waals surface area contributed by atoms with E-state index in [4.69, 9.17) is 4.74 Å². The first-order chi connectivity index (χ1) is 12.2. The minimum Gasteiger partial charge on any atom is -0.497 e. The van der Waals surface area contributed by atoms with Gasteiger partial charge < -0.3 is 10.1 Å². The van der Waals surface area contributed by atoms with Crippen molar-refractivity contribution in [1.82, 2.24) is 14.8 Å². The molecule has 0 saturated carbocycles. The van der Waals surface area contributed by atoms with Crippen molar-refractivity contribution in [2.24, 2.45) is 0 Å². The summed E-state index contributed by atoms with van der Waals surface area (Å²) in [4.78, 5) is 12.1. The average Bonchev–Trinajstić information content (AvgIpc) is 3.10. The van der Waals surface area contributed by atoms with Gasteiger partial charge in [-0.1, -0.05) is 27.7 Å². The van der Waals surface area contributed by atoms with E-state index in [0.29, 0.717) is 5.16 Å². The predicted molar refractivity (Wildman–Crippen MR) is 101 cm³/mol. The molecular formula is C17H15BrN4O2S. The Bertz CT molecular complexity index is 850. The van der Waals surface area contributed by atoms with Gasteiger partial charge >= 0.3 is 0 Å². The third-order valence-corrected chi connectivity index (χ3v) is 4.80. The number of carbonyl (C=O) groups is 1. The van der Waals surface area contributed by atoms with Crippen LogP contribution in [0.1, 0.15) is 0 Å². The smallest absolute Gasteiger partial charge is 0.234 e. The number of halogens is 1. The van der Waals surface area contributed by atoms with E-state index in [-0.39, 0.29) is 11.7 Å². The van der Waals surface area contributed by atoms with Crippen molar-refractivity contribution in [2.75, 3.05) is 18.2 Å². The number of anilines is 1. The molecule has 0 aliphatic heterocycles. The summed E-state index contributed by atoms with van der Waals surface area (Å²) in [7, 11) is 1.62. The molecule has 2 aromatic carbocycles. The van der Waals surface area contributed by atoms with Crippen LogP contribution in [-0.2, 0) is 4.79 Å². The van der Waals surface area contributed by atoms with Gasteiger partial charge in [-0.25, -0.2) is 0 Å². The molecule has 6 nitrogen and oxygen atoms in total. The van der Waals surface area contributed by atoms with Crippen LogP contribution >= 0.6 is 27.7 Å². The molecule has 8 heteroatoms. The lowest BCUT2D eigenvalue weighted by Gasteiger charge is -2.08. The van der Waals surface area contributed by atoms with Crippen molar-refractivity contribution in [1.29, 1.82) is 0 Å². The van der Waals surface area contributed by atoms with Crippen LogP contribution in [0.2, 0.25) is 0 Å². The third-order valence-electron chi connectivity index (χ3n) is 3.33. The second-order valence-corrected chi connectivity index (χ2v) is 6.88. The normalized spacial score (nSPS) is 10.5. The number of nitrogens with zero attached hydrogens (tertiary/aromatic N) is 3. The molecule has 25 heavy (non-hydrogen) atoms. The molecular weight excluding hydrogens is 404 g/mol. The Morgan fingerprint density at radius 2 is 1.92 bits per heavy atom. The number of thioether (sulfide) groups is 1. The van der Waals surface area contributed by atoms with Crippen LogP contribution in [0, 0.1) is 0 Å². The molecule has 0 spiro atoms. The van der Waals surface area contributed by atoms with Crippen LogP contribution in [0.5, 0.6) is 5.75 Å². The van der Waals surface area contributed by atoms with Crippen molar-refractivity contribution < 1.29 is 9.53 Å². The summed E-state index contributed by atoms with van der Waals surface area (Å²) in [6.45, 7) is 0. The Kier molecular flexibility index (Phi) is 5.72. The number of ether oxygens (including phenoxy) is 1. The minimum absolute atomic E-state index is 0.100. The number of hydrogen-bond acceptors (Lipinski definition) is 5. The number of nitrogens with one attached hydrogen (secondary N) is 1. The first kappa shape index (κ1) is 17.5. The molecule has 0 unspecified atom stereocenters. The van der Waals surface area contributed by atoms with Crippen LogP contribution in [0.15, 0.2) is 64.5 Å². The number of amides is 1. The zero-order chi connectivity index (χ0) is 17.6. The molecule has 0 radical (unpaired) electrons. The molecule has 0 atom stereocenters. The van der Waals surface area contributed by atoms with Crippen molar-refractivity contribution in [3.05, 3.63) is 59.3 Å². The second kappa shape index (κ2) is 8.17. The van der Waals surface area contributed by atoms with Gasteiger partial charge in [-0.15, -0.1) is 10.2 Å². The summed E-state index contributed by atoms with van der Waals surface area (Å²) in [6.07, 6.45) is 1.62. The monoisotopic (exact) mass is 418 g/mol. The van der Waals surface area contributed by atoms with Gasteiger partial charge in [-0.2, -0.15) is 0 Å². The number of aromatic nitrogens is 3. The zero-order valence-electron chi connectivity index (χ0n) is 13.3. The highest BCUT2D eigenvalue weighted by Gasteiger charge is 2.10. The quantitative estimate of drug-likeness (QED) is 0.616. The van der Waals surface area contributed by atoms with Gasteiger partial charge in [-0.05, 0) is 48.5 Å². The molecule has 0 saturated heterocycles. The Labute approximate surface area is 157 Å². The highest BCUT2D eigenvalue weighted by Crippen LogP contribution is 2.22. The highest BCUT2D eigenvalue weighted by molar-refractivity contribution is 9.10. The fraction of sp³-hybridized carbons (Fsp3) is 0.118. The van der Waals surface area contributed by atoms with Crippen LogP contribution in [0.25, 0.3) is 5.69 Å². The van der Waals surface area contributed by atoms with Gasteiger partial charge in [0, 0.05) is 15.8 Å². The molecule has 128 valence electrons. The second-order valence-electron chi connectivity index (χ2n) is 5.03.